The van der Waals surface area contributed by atoms with Crippen molar-refractivity contribution in [3.8, 4) is 0 Å². The zero-order valence-electron chi connectivity index (χ0n) is 22.8. The van der Waals surface area contributed by atoms with Crippen molar-refractivity contribution in [3.63, 3.8) is 0 Å². The molecule has 3 amide bonds. The van der Waals surface area contributed by atoms with Crippen LogP contribution in [0.4, 0.5) is 0 Å². The summed E-state index contributed by atoms with van der Waals surface area (Å²) in [5.74, 6) is -1.78. The Bertz CT molecular complexity index is 1360. The number of likely N-dealkylation sites (N-methyl/N-ethyl adjacent to an activating group) is 1. The third kappa shape index (κ3) is 4.20. The molecule has 4 aliphatic heterocycles. The van der Waals surface area contributed by atoms with Crippen LogP contribution in [0.2, 0.25) is 0 Å². The van der Waals surface area contributed by atoms with Crippen LogP contribution in [0.15, 0.2) is 85.0 Å². The van der Waals surface area contributed by atoms with Gasteiger partial charge >= 0.3 is 0 Å². The lowest BCUT2D eigenvalue weighted by molar-refractivity contribution is -0.147. The number of rotatable bonds is 6. The van der Waals surface area contributed by atoms with Crippen LogP contribution in [-0.2, 0) is 27.3 Å². The normalized spacial score (nSPS) is 32.0. The Labute approximate surface area is 239 Å². The highest BCUT2D eigenvalue weighted by atomic mass is 32.2. The van der Waals surface area contributed by atoms with Crippen LogP contribution >= 0.6 is 11.8 Å². The second kappa shape index (κ2) is 10.2. The fraction of sp³-hybridized carbons (Fsp3) is 0.406. The maximum absolute atomic E-state index is 14.6. The molecule has 7 nitrogen and oxygen atoms in total. The number of aliphatic hydroxyl groups is 1. The van der Waals surface area contributed by atoms with E-state index in [9.17, 15) is 19.5 Å². The number of likely N-dealkylation sites (tertiary alicyclic amines) is 1. The summed E-state index contributed by atoms with van der Waals surface area (Å²) < 4.78 is -1.57. The third-order valence-corrected chi connectivity index (χ3v) is 10.7. The van der Waals surface area contributed by atoms with E-state index in [1.165, 1.54) is 0 Å². The minimum absolute atomic E-state index is 0.0781. The number of carbonyl (C=O) groups excluding carboxylic acids is 3. The summed E-state index contributed by atoms with van der Waals surface area (Å²) in [6.07, 6.45) is 8.50. The van der Waals surface area contributed by atoms with E-state index in [1.807, 2.05) is 85.8 Å². The van der Waals surface area contributed by atoms with Gasteiger partial charge in [0, 0.05) is 31.4 Å². The van der Waals surface area contributed by atoms with E-state index in [1.54, 1.807) is 33.5 Å². The number of benzene rings is 2. The van der Waals surface area contributed by atoms with Gasteiger partial charge in [-0.1, -0.05) is 85.0 Å². The second-order valence-electron chi connectivity index (χ2n) is 11.5. The van der Waals surface area contributed by atoms with E-state index >= 15 is 0 Å². The zero-order valence-corrected chi connectivity index (χ0v) is 23.7. The molecule has 0 aliphatic carbocycles. The SMILES string of the molecule is CN1CC=C[C@]2(C)S[C@]34C=CCN(Cc5ccccc5)C(=O)C3N([C@@H](CO)Cc3ccccc3)C(=O)[C@@H]4[C@@H]2C1=O. The Morgan fingerprint density at radius 2 is 1.52 bits per heavy atom. The number of aliphatic hydroxyl groups excluding tert-OH is 1. The summed E-state index contributed by atoms with van der Waals surface area (Å²) >= 11 is 1.57. The van der Waals surface area contributed by atoms with Gasteiger partial charge in [0.25, 0.3) is 0 Å². The zero-order chi connectivity index (χ0) is 28.1. The minimum Gasteiger partial charge on any atom is -0.394 e. The molecule has 0 bridgehead atoms. The molecule has 1 N–H and O–H groups in total. The van der Waals surface area contributed by atoms with Gasteiger partial charge < -0.3 is 19.8 Å². The highest BCUT2D eigenvalue weighted by Crippen LogP contribution is 2.65. The van der Waals surface area contributed by atoms with Crippen molar-refractivity contribution >= 4 is 29.5 Å². The van der Waals surface area contributed by atoms with Gasteiger partial charge in [-0.3, -0.25) is 14.4 Å². The van der Waals surface area contributed by atoms with Crippen molar-refractivity contribution in [2.45, 2.75) is 41.5 Å². The molecule has 208 valence electrons. The quantitative estimate of drug-likeness (QED) is 0.553. The summed E-state index contributed by atoms with van der Waals surface area (Å²) in [5.41, 5.74) is 1.98. The molecule has 1 unspecified atom stereocenters. The Morgan fingerprint density at radius 1 is 0.875 bits per heavy atom. The van der Waals surface area contributed by atoms with E-state index in [0.717, 1.165) is 11.1 Å². The molecule has 2 fully saturated rings. The molecule has 2 saturated heterocycles. The lowest BCUT2D eigenvalue weighted by Gasteiger charge is -2.40. The third-order valence-electron chi connectivity index (χ3n) is 8.91. The first-order valence-corrected chi connectivity index (χ1v) is 14.7. The van der Waals surface area contributed by atoms with Gasteiger partial charge in [0.2, 0.25) is 17.7 Å². The van der Waals surface area contributed by atoms with Crippen molar-refractivity contribution in [2.75, 3.05) is 26.7 Å². The second-order valence-corrected chi connectivity index (χ2v) is 13.3. The van der Waals surface area contributed by atoms with Crippen LogP contribution in [0.5, 0.6) is 0 Å². The molecule has 2 aromatic rings. The molecule has 1 spiro atoms. The Kier molecular flexibility index (Phi) is 6.87. The van der Waals surface area contributed by atoms with Crippen LogP contribution in [0, 0.1) is 11.8 Å². The minimum atomic E-state index is -0.929. The largest absolute Gasteiger partial charge is 0.394 e. The van der Waals surface area contributed by atoms with Crippen molar-refractivity contribution < 1.29 is 19.5 Å². The van der Waals surface area contributed by atoms with Gasteiger partial charge in [0.15, 0.2) is 0 Å². The number of hydrogen-bond donors (Lipinski definition) is 1. The predicted molar refractivity (Wildman–Crippen MR) is 155 cm³/mol. The molecule has 0 aromatic heterocycles. The number of fused-ring (bicyclic) bond motifs is 2. The lowest BCUT2D eigenvalue weighted by Crippen LogP contribution is -2.57. The first-order valence-electron chi connectivity index (χ1n) is 13.9. The summed E-state index contributed by atoms with van der Waals surface area (Å²) in [6.45, 7) is 3.05. The molecule has 6 atom stereocenters. The highest BCUT2D eigenvalue weighted by molar-refractivity contribution is 8.02. The smallest absolute Gasteiger partial charge is 0.247 e. The molecule has 4 aliphatic rings. The molecule has 8 heteroatoms. The number of carbonyl (C=O) groups is 3. The number of amides is 3. The molecular formula is C32H35N3O4S. The van der Waals surface area contributed by atoms with Crippen LogP contribution in [0.1, 0.15) is 18.1 Å². The van der Waals surface area contributed by atoms with Crippen LogP contribution in [0.25, 0.3) is 0 Å². The number of hydrogen-bond acceptors (Lipinski definition) is 5. The molecular weight excluding hydrogens is 522 g/mol. The highest BCUT2D eigenvalue weighted by Gasteiger charge is 2.74. The topological polar surface area (TPSA) is 81.2 Å². The van der Waals surface area contributed by atoms with Gasteiger partial charge in [-0.2, -0.15) is 0 Å². The average molecular weight is 558 g/mol. The fourth-order valence-electron chi connectivity index (χ4n) is 7.11. The Morgan fingerprint density at radius 3 is 2.20 bits per heavy atom. The molecule has 40 heavy (non-hydrogen) atoms. The molecule has 4 heterocycles. The van der Waals surface area contributed by atoms with Crippen LogP contribution in [-0.4, -0.2) is 85.8 Å². The van der Waals surface area contributed by atoms with Crippen LogP contribution < -0.4 is 0 Å². The van der Waals surface area contributed by atoms with Gasteiger partial charge in [0.05, 0.1) is 29.2 Å². The maximum atomic E-state index is 14.6. The van der Waals surface area contributed by atoms with E-state index in [0.29, 0.717) is 26.1 Å². The van der Waals surface area contributed by atoms with Crippen molar-refractivity contribution in [2.24, 2.45) is 11.8 Å². The monoisotopic (exact) mass is 557 g/mol. The fourth-order valence-corrected chi connectivity index (χ4v) is 9.25. The predicted octanol–water partition coefficient (Wildman–Crippen LogP) is 2.90. The molecule has 2 aromatic carbocycles. The molecule has 6 rings (SSSR count). The standard InChI is InChI=1S/C32H35N3O4S/c1-31-15-9-17-33(2)28(37)25(31)26-29(38)35(24(21-36)19-22-11-5-3-6-12-22)27-30(39)34(18-10-16-32(26,27)40-31)20-23-13-7-4-8-14-23/h3-16,24-27,36H,17-21H2,1-2H3/t24-,25-,26+,27?,31+,32+/m1/s1. The molecule has 0 radical (unpaired) electrons. The van der Waals surface area contributed by atoms with E-state index < -0.39 is 33.4 Å². The first kappa shape index (κ1) is 26.8. The van der Waals surface area contributed by atoms with Crippen LogP contribution in [0.3, 0.4) is 0 Å². The van der Waals surface area contributed by atoms with Gasteiger partial charge in [-0.15, -0.1) is 11.8 Å². The Hall–Kier alpha value is -3.36. The lowest BCUT2D eigenvalue weighted by atomic mass is 9.74. The van der Waals surface area contributed by atoms with E-state index in [4.69, 9.17) is 0 Å². The average Bonchev–Trinajstić information content (AvgIpc) is 3.25. The summed E-state index contributed by atoms with van der Waals surface area (Å²) in [5, 5.41) is 10.7. The number of thioether (sulfide) groups is 1. The Balaban J connectivity index is 1.47. The molecule has 0 saturated carbocycles. The van der Waals surface area contributed by atoms with Crippen molar-refractivity contribution in [1.82, 2.24) is 14.7 Å². The van der Waals surface area contributed by atoms with E-state index in [-0.39, 0.29) is 24.3 Å². The first-order chi connectivity index (χ1) is 19.3. The van der Waals surface area contributed by atoms with Gasteiger partial charge in [-0.05, 0) is 24.5 Å². The summed E-state index contributed by atoms with van der Waals surface area (Å²) in [7, 11) is 1.77. The van der Waals surface area contributed by atoms with Gasteiger partial charge in [0.1, 0.15) is 6.04 Å². The van der Waals surface area contributed by atoms with E-state index in [2.05, 4.69) is 6.08 Å². The summed E-state index contributed by atoms with van der Waals surface area (Å²) in [4.78, 5) is 48.2. The van der Waals surface area contributed by atoms with Crippen molar-refractivity contribution in [1.29, 1.82) is 0 Å². The van der Waals surface area contributed by atoms with Gasteiger partial charge in [-0.25, -0.2) is 0 Å². The summed E-state index contributed by atoms with van der Waals surface area (Å²) in [6, 6.07) is 18.1. The number of nitrogens with zero attached hydrogens (tertiary/aromatic N) is 3. The maximum Gasteiger partial charge on any atom is 0.247 e. The van der Waals surface area contributed by atoms with Crippen molar-refractivity contribution in [3.05, 3.63) is 96.1 Å².